The van der Waals surface area contributed by atoms with Crippen LogP contribution in [0, 0.1) is 27.7 Å². The molecule has 0 saturated carbocycles. The first-order chi connectivity index (χ1) is 58.4. The fourth-order valence-corrected chi connectivity index (χ4v) is 22.8. The Labute approximate surface area is 728 Å². The number of rotatable bonds is 35. The molecule has 0 spiro atoms. The maximum absolute atomic E-state index is 14.8. The molecule has 0 bridgehead atoms. The predicted molar refractivity (Wildman–Crippen MR) is 452 cm³/mol. The van der Waals surface area contributed by atoms with Crippen LogP contribution in [-0.2, 0) is 146 Å². The van der Waals surface area contributed by atoms with Gasteiger partial charge in [0.05, 0.1) is 82.3 Å². The van der Waals surface area contributed by atoms with E-state index in [1.165, 1.54) is 84.6 Å². The lowest BCUT2D eigenvalue weighted by Crippen LogP contribution is -2.33. The smallest absolute Gasteiger partial charge is 0.383 e. The van der Waals surface area contributed by atoms with Gasteiger partial charge in [0.1, 0.15) is 103 Å². The zero-order valence-corrected chi connectivity index (χ0v) is 75.9. The molecular weight excluding hydrogens is 1890 g/mol. The maximum Gasteiger partial charge on any atom is 0.386 e. The molecule has 8 aromatic rings. The molecule has 0 radical (unpaired) electrons. The van der Waals surface area contributed by atoms with E-state index in [9.17, 15) is 62.6 Å². The molecule has 6 fully saturated rings. The molecule has 124 heavy (non-hydrogen) atoms. The number of fused-ring (bicyclic) bond motifs is 2. The van der Waals surface area contributed by atoms with Gasteiger partial charge >= 0.3 is 63.1 Å². The van der Waals surface area contributed by atoms with Gasteiger partial charge in [0.15, 0.2) is 22.9 Å². The number of nitrogens with two attached hydrogens (primary N) is 3. The number of hydrogen-bond acceptors (Lipinski definition) is 41. The van der Waals surface area contributed by atoms with Crippen molar-refractivity contribution in [2.75, 3.05) is 57.3 Å². The van der Waals surface area contributed by atoms with Crippen LogP contribution < -0.4 is 56.6 Å². The van der Waals surface area contributed by atoms with Gasteiger partial charge in [-0.3, -0.25) is 65.8 Å². The minimum Gasteiger partial charge on any atom is -0.383 e. The Morgan fingerprint density at radius 3 is 1.05 bits per heavy atom. The molecule has 0 aliphatic carbocycles. The minimum atomic E-state index is -4.72. The van der Waals surface area contributed by atoms with Gasteiger partial charge in [-0.2, -0.15) is 4.98 Å². The summed E-state index contributed by atoms with van der Waals surface area (Å²) < 4.78 is 131. The zero-order valence-electron chi connectivity index (χ0n) is 65.6. The molecule has 14 heterocycles. The monoisotopic (exact) mass is 1970 g/mol. The summed E-state index contributed by atoms with van der Waals surface area (Å²) in [5, 5.41) is 0. The van der Waals surface area contributed by atoms with Crippen molar-refractivity contribution in [2.24, 2.45) is 0 Å². The average molecular weight is 1970 g/mol. The number of H-pyrrole nitrogens is 3. The minimum absolute atomic E-state index is 0.00118. The number of imidazole rings is 2. The lowest BCUT2D eigenvalue weighted by molar-refractivity contribution is -0.0563. The van der Waals surface area contributed by atoms with Gasteiger partial charge in [-0.25, -0.2) is 53.6 Å². The SMILES string of the molecule is CC[C@H]1O[C@@H](n2cc(C)c(=O)[nH]c2=O)C[C@H]1OP(O)(=S)OC[C@H]1O[C@@H](n2cnc3c(N)ncnc32)C[C@H]1OP(=O)(S)OC[C@H]1O[C@@H](n2cc(C)c(=O)[nH]c2=O)C[C@H]1OP(O)(=S)OC[C@H]1O[C@@H](n2cnc3c(N)ncnc32)C[C@H]1OP(O)(=S)OC[C@H]1O[C@@H](n2cc(C)c(=O)[nH]c2=O)C[C@H]1OP(O)(=S)OC[C@H]1O[C@@H](n2cc(C)c(N)nc2=O)C[C@H]1OP(O)(=S)OC. The van der Waals surface area contributed by atoms with Crippen LogP contribution in [0.5, 0.6) is 0 Å². The van der Waals surface area contributed by atoms with Gasteiger partial charge in [-0.1, -0.05) is 19.2 Å². The van der Waals surface area contributed by atoms with Gasteiger partial charge in [0.2, 0.25) is 0 Å². The number of thiol groups is 1. The second-order valence-electron chi connectivity index (χ2n) is 29.0. The summed E-state index contributed by atoms with van der Waals surface area (Å²) in [4.78, 5) is 185. The van der Waals surface area contributed by atoms with E-state index in [0.717, 1.165) is 20.8 Å². The number of anilines is 3. The van der Waals surface area contributed by atoms with Crippen molar-refractivity contribution in [1.29, 1.82) is 0 Å². The number of aromatic amines is 3. The highest BCUT2D eigenvalue weighted by Gasteiger charge is 2.51. The van der Waals surface area contributed by atoms with Crippen molar-refractivity contribution in [3.63, 3.8) is 0 Å². The Kier molecular flexibility index (Phi) is 29.0. The number of aryl methyl sites for hydroxylation is 4. The summed E-state index contributed by atoms with van der Waals surface area (Å²) in [5.41, 5.74) is 14.4. The number of nitrogen functional groups attached to an aromatic ring is 3. The van der Waals surface area contributed by atoms with Crippen molar-refractivity contribution in [2.45, 2.75) is 190 Å². The zero-order chi connectivity index (χ0) is 89.2. The highest BCUT2D eigenvalue weighted by Crippen LogP contribution is 2.60. The summed E-state index contributed by atoms with van der Waals surface area (Å²) in [5.74, 6) is 0.00175. The van der Waals surface area contributed by atoms with Crippen LogP contribution in [-0.4, -0.2) is 215 Å². The Morgan fingerprint density at radius 1 is 0.419 bits per heavy atom. The fraction of sp³-hybridized carbons (Fsp3) is 0.581. The Balaban J connectivity index is 0.672. The van der Waals surface area contributed by atoms with Gasteiger partial charge in [-0.05, 0) is 93.2 Å². The highest BCUT2D eigenvalue weighted by molar-refractivity contribution is 8.44. The molecule has 678 valence electrons. The summed E-state index contributed by atoms with van der Waals surface area (Å²) in [6.07, 6.45) is -12.7. The largest absolute Gasteiger partial charge is 0.386 e. The van der Waals surface area contributed by atoms with Gasteiger partial charge < -0.3 is 115 Å². The van der Waals surface area contributed by atoms with Crippen molar-refractivity contribution in [3.8, 4) is 0 Å². The Bertz CT molecular complexity index is 6130. The molecule has 50 nitrogen and oxygen atoms in total. The second-order valence-corrected chi connectivity index (χ2v) is 46.0. The normalized spacial score (nSPS) is 29.6. The van der Waals surface area contributed by atoms with Gasteiger partial charge in [0, 0.05) is 92.7 Å². The molecule has 14 N–H and O–H groups in total. The molecular formula is C62H83N19O31P6S6. The fourth-order valence-electron chi connectivity index (χ4n) is 14.4. The maximum atomic E-state index is 14.8. The number of nitrogens with zero attached hydrogens (tertiary/aromatic N) is 13. The first-order valence-corrected chi connectivity index (χ1v) is 53.0. The molecule has 14 rings (SSSR count). The second kappa shape index (κ2) is 38.0. The third kappa shape index (κ3) is 22.0. The van der Waals surface area contributed by atoms with E-state index in [4.69, 9.17) is 159 Å². The van der Waals surface area contributed by atoms with E-state index in [1.807, 2.05) is 0 Å². The highest BCUT2D eigenvalue weighted by atomic mass is 32.7. The Hall–Kier alpha value is -5.67. The van der Waals surface area contributed by atoms with E-state index in [1.54, 1.807) is 13.8 Å². The Morgan fingerprint density at radius 2 is 0.710 bits per heavy atom. The summed E-state index contributed by atoms with van der Waals surface area (Å²) in [6.45, 7) is -22.6. The third-order valence-electron chi connectivity index (χ3n) is 20.6. The predicted octanol–water partition coefficient (Wildman–Crippen LogP) is 1.85. The summed E-state index contributed by atoms with van der Waals surface area (Å²) in [6, 6.07) is 0. The van der Waals surface area contributed by atoms with Crippen LogP contribution in [0.1, 0.15) is 111 Å². The van der Waals surface area contributed by atoms with Crippen molar-refractivity contribution < 1.29 is 112 Å². The van der Waals surface area contributed by atoms with Crippen LogP contribution in [0.4, 0.5) is 17.5 Å². The summed E-state index contributed by atoms with van der Waals surface area (Å²) in [7, 11) is 1.12. The molecule has 6 unspecified atom stereocenters. The number of ether oxygens (including phenoxy) is 6. The van der Waals surface area contributed by atoms with Crippen molar-refractivity contribution in [1.82, 2.24) is 77.2 Å². The molecule has 62 heteroatoms. The van der Waals surface area contributed by atoms with Crippen LogP contribution >= 0.6 is 52.6 Å². The van der Waals surface area contributed by atoms with Crippen LogP contribution in [0.25, 0.3) is 22.3 Å². The van der Waals surface area contributed by atoms with Crippen LogP contribution in [0.3, 0.4) is 0 Å². The lowest BCUT2D eigenvalue weighted by atomic mass is 10.1. The van der Waals surface area contributed by atoms with E-state index in [0.29, 0.717) is 12.0 Å². The standard InChI is InChI=1S/C62H83N19O31P6S6/c1-7-31-32(8-43(101-31)77-15-28(3)56(82)73-60(77)86)108-114(90,120)96-21-41-36(12-47(105-41)80-25-70-49-52(64)66-23-68-54(49)80)111-117(93,123)98-20-40-35(11-46(104-40)79-17-30(5)58(84)75-62(79)88)110-116(92,122)100-22-42-37(13-48(106-42)81-26-71-50-53(65)67-24-69-55(50)81)112-118(94,124)99-19-39-34(10-45(103-39)78-16-29(4)57(83)74-61(78)87)109-115(91,121)97-18-38-33(107-113(89,119)95-6)9-44(102-38)76-14-27(2)51(63)72-59(76)85/h14-17,23-26,31-48H,7-13,18-22H2,1-6H3,(H,89,119)(H,90,120)(H,91,121)(H,92,122)(H,93,123)(H,94,124)(H2,63,72,85)(H2,64,66,68)(H2,65,67,69)(H,73,82,86)(H,74,83,87)(H,75,84,88)/t31-,32-,33-,34-,35-,36-,37-,38-,39-,40-,41-,42-,43-,44-,45-,46-,47-,48-,113?,114?,115?,116?,117?,118?/m1/s1. The molecule has 0 amide bonds. The first kappa shape index (κ1) is 94.4. The van der Waals surface area contributed by atoms with E-state index < -0.39 is 223 Å². The lowest BCUT2D eigenvalue weighted by Gasteiger charge is -2.28. The third-order valence-corrected chi connectivity index (χ3v) is 30.3. The number of hydrogen-bond donors (Lipinski definition) is 12. The molecule has 0 aromatic carbocycles. The first-order valence-electron chi connectivity index (χ1n) is 37.4. The van der Waals surface area contributed by atoms with Gasteiger partial charge in [-0.15, -0.1) is 0 Å². The van der Waals surface area contributed by atoms with E-state index in [-0.39, 0.29) is 95.0 Å². The van der Waals surface area contributed by atoms with Gasteiger partial charge in [0.25, 0.3) is 16.7 Å². The van der Waals surface area contributed by atoms with E-state index in [2.05, 4.69) is 62.1 Å². The van der Waals surface area contributed by atoms with Crippen molar-refractivity contribution >= 4 is 151 Å². The number of aromatic nitrogens is 16. The molecule has 24 atom stereocenters. The number of nitrogens with one attached hydrogen (secondary N) is 3. The van der Waals surface area contributed by atoms with E-state index >= 15 is 0 Å². The van der Waals surface area contributed by atoms with Crippen LogP contribution in [0.2, 0.25) is 0 Å². The quantitative estimate of drug-likeness (QED) is 0.0199. The molecule has 6 aliphatic heterocycles. The van der Waals surface area contributed by atoms with Crippen molar-refractivity contribution in [3.05, 3.63) is 145 Å². The average Bonchev–Trinajstić information content (AvgIpc) is 1.64. The molecule has 8 aromatic heterocycles. The molecule has 6 saturated heterocycles. The summed E-state index contributed by atoms with van der Waals surface area (Å²) >= 11 is 31.9. The molecule has 6 aliphatic rings. The topological polar surface area (TPSA) is 649 Å². The van der Waals surface area contributed by atoms with Crippen LogP contribution in [0.15, 0.2) is 83.7 Å².